The molecule has 0 saturated heterocycles. The van der Waals surface area contributed by atoms with E-state index >= 15 is 0 Å². The maximum Gasteiger partial charge on any atom is 0.127 e. The molecule has 0 radical (unpaired) electrons. The first kappa shape index (κ1) is 12.6. The molecule has 4 rings (SSSR count). The van der Waals surface area contributed by atoms with Crippen LogP contribution >= 0.6 is 0 Å². The third-order valence-corrected chi connectivity index (χ3v) is 4.23. The summed E-state index contributed by atoms with van der Waals surface area (Å²) in [6.07, 6.45) is 2.14. The van der Waals surface area contributed by atoms with Crippen molar-refractivity contribution in [3.05, 3.63) is 66.0 Å². The molecule has 0 spiro atoms. The summed E-state index contributed by atoms with van der Waals surface area (Å²) in [7, 11) is 0. The van der Waals surface area contributed by atoms with Gasteiger partial charge in [-0.05, 0) is 37.1 Å². The first-order chi connectivity index (χ1) is 10.4. The Morgan fingerprint density at radius 3 is 2.76 bits per heavy atom. The Hall–Kier alpha value is -2.13. The minimum Gasteiger partial charge on any atom is -0.327 e. The Balaban J connectivity index is 1.76. The third-order valence-electron chi connectivity index (χ3n) is 4.23. The number of hydrogen-bond donors (Lipinski definition) is 1. The lowest BCUT2D eigenvalue weighted by molar-refractivity contribution is 0.527. The maximum absolute atomic E-state index is 4.89. The van der Waals surface area contributed by atoms with Crippen molar-refractivity contribution in [2.75, 3.05) is 6.54 Å². The summed E-state index contributed by atoms with van der Waals surface area (Å²) in [6.45, 7) is 2.10. The zero-order chi connectivity index (χ0) is 14.1. The molecule has 2 heterocycles. The van der Waals surface area contributed by atoms with Crippen molar-refractivity contribution >= 4 is 11.0 Å². The predicted molar refractivity (Wildman–Crippen MR) is 85.2 cm³/mol. The molecule has 0 bridgehead atoms. The molecule has 0 aliphatic carbocycles. The van der Waals surface area contributed by atoms with Gasteiger partial charge in [-0.2, -0.15) is 0 Å². The van der Waals surface area contributed by atoms with Crippen molar-refractivity contribution in [2.45, 2.75) is 25.4 Å². The highest BCUT2D eigenvalue weighted by molar-refractivity contribution is 5.76. The zero-order valence-corrected chi connectivity index (χ0v) is 12.0. The summed E-state index contributed by atoms with van der Waals surface area (Å²) >= 11 is 0. The van der Waals surface area contributed by atoms with E-state index < -0.39 is 0 Å². The highest BCUT2D eigenvalue weighted by Gasteiger charge is 2.22. The van der Waals surface area contributed by atoms with Crippen LogP contribution in [0.3, 0.4) is 0 Å². The molecule has 3 aromatic rings. The van der Waals surface area contributed by atoms with Crippen LogP contribution in [0.4, 0.5) is 0 Å². The van der Waals surface area contributed by atoms with Gasteiger partial charge in [0.1, 0.15) is 5.82 Å². The largest absolute Gasteiger partial charge is 0.327 e. The van der Waals surface area contributed by atoms with Crippen LogP contribution in [0.1, 0.15) is 23.9 Å². The summed E-state index contributed by atoms with van der Waals surface area (Å²) < 4.78 is 2.39. The standard InChI is InChI=1S/C18H19N3/c1-2-7-14(8-3-1)13-16-18-20-15-9-4-5-10-17(15)21(18)12-6-11-19-16/h1-5,7-10,16,19H,6,11-13H2. The highest BCUT2D eigenvalue weighted by atomic mass is 15.1. The number of fused-ring (bicyclic) bond motifs is 3. The van der Waals surface area contributed by atoms with E-state index in [1.807, 2.05) is 0 Å². The number of para-hydroxylation sites is 2. The van der Waals surface area contributed by atoms with Gasteiger partial charge in [0.05, 0.1) is 17.1 Å². The average Bonchev–Trinajstić information content (AvgIpc) is 2.79. The van der Waals surface area contributed by atoms with Gasteiger partial charge in [-0.15, -0.1) is 0 Å². The van der Waals surface area contributed by atoms with E-state index in [0.29, 0.717) is 6.04 Å². The van der Waals surface area contributed by atoms with Crippen LogP contribution in [-0.4, -0.2) is 16.1 Å². The van der Waals surface area contributed by atoms with Crippen molar-refractivity contribution in [2.24, 2.45) is 0 Å². The molecule has 1 aliphatic heterocycles. The van der Waals surface area contributed by atoms with Gasteiger partial charge in [-0.1, -0.05) is 42.5 Å². The van der Waals surface area contributed by atoms with Gasteiger partial charge >= 0.3 is 0 Å². The van der Waals surface area contributed by atoms with Crippen LogP contribution in [0.25, 0.3) is 11.0 Å². The van der Waals surface area contributed by atoms with E-state index in [1.54, 1.807) is 0 Å². The molecule has 2 aromatic carbocycles. The van der Waals surface area contributed by atoms with Crippen molar-refractivity contribution in [3.63, 3.8) is 0 Å². The molecule has 21 heavy (non-hydrogen) atoms. The fourth-order valence-corrected chi connectivity index (χ4v) is 3.21. The lowest BCUT2D eigenvalue weighted by Crippen LogP contribution is -2.24. The van der Waals surface area contributed by atoms with Crippen LogP contribution in [0.5, 0.6) is 0 Å². The van der Waals surface area contributed by atoms with Crippen LogP contribution < -0.4 is 5.32 Å². The lowest BCUT2D eigenvalue weighted by atomic mass is 10.1. The normalized spacial score (nSPS) is 18.4. The zero-order valence-electron chi connectivity index (χ0n) is 12.0. The van der Waals surface area contributed by atoms with Gasteiger partial charge in [-0.3, -0.25) is 0 Å². The summed E-state index contributed by atoms with van der Waals surface area (Å²) in [5, 5.41) is 3.66. The van der Waals surface area contributed by atoms with E-state index in [4.69, 9.17) is 4.98 Å². The molecule has 3 nitrogen and oxygen atoms in total. The number of nitrogens with one attached hydrogen (secondary N) is 1. The quantitative estimate of drug-likeness (QED) is 0.779. The number of hydrogen-bond acceptors (Lipinski definition) is 2. The van der Waals surface area contributed by atoms with Crippen LogP contribution in [-0.2, 0) is 13.0 Å². The second-order valence-electron chi connectivity index (χ2n) is 5.66. The van der Waals surface area contributed by atoms with E-state index in [0.717, 1.165) is 31.4 Å². The number of rotatable bonds is 2. The summed E-state index contributed by atoms with van der Waals surface area (Å²) in [4.78, 5) is 4.89. The molecule has 0 amide bonds. The molecular formula is C18H19N3. The number of nitrogens with zero attached hydrogens (tertiary/aromatic N) is 2. The van der Waals surface area contributed by atoms with Crippen molar-refractivity contribution in [1.29, 1.82) is 0 Å². The Morgan fingerprint density at radius 2 is 1.86 bits per heavy atom. The Labute approximate surface area is 124 Å². The Morgan fingerprint density at radius 1 is 1.05 bits per heavy atom. The molecule has 1 N–H and O–H groups in total. The molecule has 1 aromatic heterocycles. The molecule has 106 valence electrons. The van der Waals surface area contributed by atoms with Gasteiger partial charge in [0, 0.05) is 6.54 Å². The van der Waals surface area contributed by atoms with Gasteiger partial charge in [0.2, 0.25) is 0 Å². The molecule has 1 aliphatic rings. The Kier molecular flexibility index (Phi) is 3.20. The first-order valence-corrected chi connectivity index (χ1v) is 7.64. The number of aromatic nitrogens is 2. The first-order valence-electron chi connectivity index (χ1n) is 7.64. The third kappa shape index (κ3) is 2.34. The molecule has 1 atom stereocenters. The topological polar surface area (TPSA) is 29.9 Å². The molecule has 0 fully saturated rings. The smallest absolute Gasteiger partial charge is 0.127 e. The number of imidazole rings is 1. The van der Waals surface area contributed by atoms with Gasteiger partial charge in [-0.25, -0.2) is 4.98 Å². The summed E-state index contributed by atoms with van der Waals surface area (Å²) in [5.41, 5.74) is 3.72. The van der Waals surface area contributed by atoms with Gasteiger partial charge in [0.15, 0.2) is 0 Å². The monoisotopic (exact) mass is 277 g/mol. The number of aryl methyl sites for hydroxylation is 1. The second-order valence-corrected chi connectivity index (χ2v) is 5.66. The van der Waals surface area contributed by atoms with Crippen LogP contribution in [0, 0.1) is 0 Å². The SMILES string of the molecule is c1ccc(CC2NCCCn3c2nc2ccccc23)cc1. The van der Waals surface area contributed by atoms with Crippen LogP contribution in [0.15, 0.2) is 54.6 Å². The lowest BCUT2D eigenvalue weighted by Gasteiger charge is -2.16. The molecule has 0 saturated carbocycles. The van der Waals surface area contributed by atoms with Crippen molar-refractivity contribution in [3.8, 4) is 0 Å². The molecular weight excluding hydrogens is 258 g/mol. The molecule has 1 unspecified atom stereocenters. The number of benzene rings is 2. The fraction of sp³-hybridized carbons (Fsp3) is 0.278. The second kappa shape index (κ2) is 5.34. The van der Waals surface area contributed by atoms with E-state index in [-0.39, 0.29) is 0 Å². The van der Waals surface area contributed by atoms with E-state index in [1.165, 1.54) is 16.9 Å². The fourth-order valence-electron chi connectivity index (χ4n) is 3.21. The maximum atomic E-state index is 4.89. The molecule has 3 heteroatoms. The minimum atomic E-state index is 0.294. The van der Waals surface area contributed by atoms with Crippen LogP contribution in [0.2, 0.25) is 0 Å². The highest BCUT2D eigenvalue weighted by Crippen LogP contribution is 2.25. The van der Waals surface area contributed by atoms with E-state index in [9.17, 15) is 0 Å². The summed E-state index contributed by atoms with van der Waals surface area (Å²) in [6, 6.07) is 19.4. The summed E-state index contributed by atoms with van der Waals surface area (Å²) in [5.74, 6) is 1.18. The van der Waals surface area contributed by atoms with Crippen molar-refractivity contribution < 1.29 is 0 Å². The average molecular weight is 277 g/mol. The minimum absolute atomic E-state index is 0.294. The van der Waals surface area contributed by atoms with Crippen molar-refractivity contribution in [1.82, 2.24) is 14.9 Å². The predicted octanol–water partition coefficient (Wildman–Crippen LogP) is 3.31. The van der Waals surface area contributed by atoms with Gasteiger partial charge < -0.3 is 9.88 Å². The Bertz CT molecular complexity index is 746. The van der Waals surface area contributed by atoms with Gasteiger partial charge in [0.25, 0.3) is 0 Å². The van der Waals surface area contributed by atoms with E-state index in [2.05, 4.69) is 64.5 Å².